The van der Waals surface area contributed by atoms with E-state index in [-0.39, 0.29) is 5.41 Å². The molecule has 3 aromatic rings. The van der Waals surface area contributed by atoms with Crippen molar-refractivity contribution < 1.29 is 9.47 Å². The lowest BCUT2D eigenvalue weighted by atomic mass is 9.69. The van der Waals surface area contributed by atoms with Gasteiger partial charge in [-0.2, -0.15) is 5.10 Å². The zero-order valence-corrected chi connectivity index (χ0v) is 15.1. The predicted molar refractivity (Wildman–Crippen MR) is 100 cm³/mol. The third-order valence-electron chi connectivity index (χ3n) is 5.56. The van der Waals surface area contributed by atoms with Gasteiger partial charge >= 0.3 is 0 Å². The van der Waals surface area contributed by atoms with Crippen LogP contribution < -0.4 is 9.47 Å². The Kier molecular flexibility index (Phi) is 3.08. The fourth-order valence-electron chi connectivity index (χ4n) is 4.10. The highest BCUT2D eigenvalue weighted by Crippen LogP contribution is 2.52. The first-order valence-electron chi connectivity index (χ1n) is 8.84. The molecule has 0 unspecified atom stereocenters. The molecule has 3 heterocycles. The minimum Gasteiger partial charge on any atom is -0.489 e. The monoisotopic (exact) mass is 344 g/mol. The van der Waals surface area contributed by atoms with E-state index >= 15 is 0 Å². The maximum atomic E-state index is 6.07. The van der Waals surface area contributed by atoms with E-state index in [0.29, 0.717) is 6.61 Å². The Bertz CT molecular complexity index is 1050. The molecule has 2 aliphatic rings. The molecule has 0 bridgehead atoms. The molecule has 0 saturated heterocycles. The van der Waals surface area contributed by atoms with Crippen LogP contribution in [0, 0.1) is 13.8 Å². The molecule has 0 N–H and O–H groups in total. The summed E-state index contributed by atoms with van der Waals surface area (Å²) in [7, 11) is 0. The van der Waals surface area contributed by atoms with Gasteiger partial charge < -0.3 is 9.47 Å². The van der Waals surface area contributed by atoms with Gasteiger partial charge in [-0.15, -0.1) is 0 Å². The third-order valence-corrected chi connectivity index (χ3v) is 5.56. The van der Waals surface area contributed by atoms with E-state index in [0.717, 1.165) is 39.7 Å². The number of para-hydroxylation sites is 1. The molecule has 0 spiro atoms. The molecule has 26 heavy (non-hydrogen) atoms. The summed E-state index contributed by atoms with van der Waals surface area (Å²) >= 11 is 0. The number of fused-ring (bicyclic) bond motifs is 5. The van der Waals surface area contributed by atoms with Gasteiger partial charge in [-0.25, -0.2) is 4.68 Å². The Morgan fingerprint density at radius 3 is 2.62 bits per heavy atom. The van der Waals surface area contributed by atoms with Crippen molar-refractivity contribution in [2.45, 2.75) is 26.2 Å². The van der Waals surface area contributed by atoms with E-state index in [4.69, 9.17) is 14.6 Å². The molecule has 130 valence electrons. The second-order valence-corrected chi connectivity index (χ2v) is 7.18. The van der Waals surface area contributed by atoms with E-state index in [2.05, 4.69) is 57.2 Å². The number of hydrogen-bond donors (Lipinski definition) is 0. The molecule has 0 saturated carbocycles. The van der Waals surface area contributed by atoms with Crippen LogP contribution in [0.2, 0.25) is 0 Å². The van der Waals surface area contributed by atoms with Crippen molar-refractivity contribution in [2.75, 3.05) is 6.61 Å². The van der Waals surface area contributed by atoms with Crippen LogP contribution in [0.15, 0.2) is 60.4 Å². The summed E-state index contributed by atoms with van der Waals surface area (Å²) in [5.41, 5.74) is 6.30. The number of hydrogen-bond acceptors (Lipinski definition) is 3. The number of rotatable bonds is 1. The second kappa shape index (κ2) is 5.24. The summed E-state index contributed by atoms with van der Waals surface area (Å²) in [6, 6.07) is 16.6. The summed E-state index contributed by atoms with van der Waals surface area (Å²) in [6.07, 6.45) is 1.84. The smallest absolute Gasteiger partial charge is 0.226 e. The normalized spacial score (nSPS) is 20.2. The molecular formula is C22H20N2O2. The van der Waals surface area contributed by atoms with Gasteiger partial charge in [-0.3, -0.25) is 0 Å². The van der Waals surface area contributed by atoms with Crippen LogP contribution in [-0.4, -0.2) is 16.4 Å². The highest BCUT2D eigenvalue weighted by atomic mass is 16.5. The molecular weight excluding hydrogens is 324 g/mol. The predicted octanol–water partition coefficient (Wildman–Crippen LogP) is 4.46. The van der Waals surface area contributed by atoms with Crippen LogP contribution in [0.1, 0.15) is 29.3 Å². The van der Waals surface area contributed by atoms with E-state index in [1.807, 2.05) is 23.1 Å². The minimum atomic E-state index is -0.296. The van der Waals surface area contributed by atoms with Gasteiger partial charge in [0.1, 0.15) is 12.4 Å². The average Bonchev–Trinajstić information content (AvgIpc) is 3.00. The topological polar surface area (TPSA) is 36.3 Å². The summed E-state index contributed by atoms with van der Waals surface area (Å²) in [4.78, 5) is 0. The number of ether oxygens (including phenoxy) is 2. The van der Waals surface area contributed by atoms with E-state index in [1.54, 1.807) is 0 Å². The number of nitrogens with zero attached hydrogens (tertiary/aromatic N) is 2. The van der Waals surface area contributed by atoms with Crippen LogP contribution in [-0.2, 0) is 5.41 Å². The highest BCUT2D eigenvalue weighted by molar-refractivity contribution is 5.62. The van der Waals surface area contributed by atoms with Crippen LogP contribution in [0.4, 0.5) is 0 Å². The van der Waals surface area contributed by atoms with Gasteiger partial charge in [-0.05, 0) is 39.0 Å². The molecule has 0 fully saturated rings. The quantitative estimate of drug-likeness (QED) is 0.654. The fraction of sp³-hybridized carbons (Fsp3) is 0.227. The number of aromatic nitrogens is 2. The molecule has 1 atom stereocenters. The third kappa shape index (κ3) is 1.93. The molecule has 0 amide bonds. The largest absolute Gasteiger partial charge is 0.489 e. The summed E-state index contributed by atoms with van der Waals surface area (Å²) in [5, 5.41) is 4.82. The molecule has 0 radical (unpaired) electrons. The minimum absolute atomic E-state index is 0.296. The Morgan fingerprint density at radius 1 is 1.04 bits per heavy atom. The van der Waals surface area contributed by atoms with Crippen molar-refractivity contribution in [3.05, 3.63) is 82.8 Å². The first-order chi connectivity index (χ1) is 12.6. The lowest BCUT2D eigenvalue weighted by molar-refractivity contribution is 0.280. The Labute approximate surface area is 152 Å². The maximum Gasteiger partial charge on any atom is 0.226 e. The van der Waals surface area contributed by atoms with Crippen LogP contribution in [0.5, 0.6) is 11.6 Å². The molecule has 2 aromatic carbocycles. The standard InChI is InChI=1S/C22H20N2O2/c1-14-8-10-17(11-9-14)24-21-20(15(2)23-24)22(3)16(13-26-21)12-25-19-7-5-4-6-18(19)22/h4-11,13H,12H2,1-3H3/t22-/m0/s1. The highest BCUT2D eigenvalue weighted by Gasteiger charge is 2.46. The van der Waals surface area contributed by atoms with E-state index in [9.17, 15) is 0 Å². The van der Waals surface area contributed by atoms with Gasteiger partial charge in [0.05, 0.1) is 28.6 Å². The van der Waals surface area contributed by atoms with Crippen molar-refractivity contribution in [1.82, 2.24) is 9.78 Å². The van der Waals surface area contributed by atoms with Gasteiger partial charge in [0.2, 0.25) is 5.88 Å². The maximum absolute atomic E-state index is 6.07. The lowest BCUT2D eigenvalue weighted by Crippen LogP contribution is -2.37. The average molecular weight is 344 g/mol. The first-order valence-corrected chi connectivity index (χ1v) is 8.84. The van der Waals surface area contributed by atoms with Gasteiger partial charge in [0.25, 0.3) is 0 Å². The van der Waals surface area contributed by atoms with E-state index < -0.39 is 0 Å². The lowest BCUT2D eigenvalue weighted by Gasteiger charge is -2.40. The molecule has 5 rings (SSSR count). The zero-order valence-electron chi connectivity index (χ0n) is 15.1. The second-order valence-electron chi connectivity index (χ2n) is 7.18. The summed E-state index contributed by atoms with van der Waals surface area (Å²) in [6.45, 7) is 6.91. The fourth-order valence-corrected chi connectivity index (χ4v) is 4.10. The zero-order chi connectivity index (χ0) is 17.9. The van der Waals surface area contributed by atoms with E-state index in [1.165, 1.54) is 5.56 Å². The van der Waals surface area contributed by atoms with Gasteiger partial charge in [0.15, 0.2) is 0 Å². The molecule has 4 nitrogen and oxygen atoms in total. The summed E-state index contributed by atoms with van der Waals surface area (Å²) in [5.74, 6) is 1.72. The number of benzene rings is 2. The molecule has 1 aromatic heterocycles. The van der Waals surface area contributed by atoms with Crippen LogP contribution in [0.3, 0.4) is 0 Å². The number of aryl methyl sites for hydroxylation is 2. The van der Waals surface area contributed by atoms with Crippen molar-refractivity contribution in [3.63, 3.8) is 0 Å². The van der Waals surface area contributed by atoms with Crippen molar-refractivity contribution in [2.24, 2.45) is 0 Å². The first kappa shape index (κ1) is 15.3. The van der Waals surface area contributed by atoms with Crippen LogP contribution >= 0.6 is 0 Å². The summed E-state index contributed by atoms with van der Waals surface area (Å²) < 4.78 is 13.9. The Balaban J connectivity index is 1.76. The molecule has 4 heteroatoms. The van der Waals surface area contributed by atoms with Crippen molar-refractivity contribution in [3.8, 4) is 17.3 Å². The van der Waals surface area contributed by atoms with Crippen molar-refractivity contribution >= 4 is 0 Å². The SMILES string of the molecule is Cc1ccc(-n2nc(C)c3c2OC=C2COc4ccccc4[C@]23C)cc1. The van der Waals surface area contributed by atoms with Gasteiger partial charge in [0, 0.05) is 11.1 Å². The molecule has 0 aliphatic carbocycles. The Morgan fingerprint density at radius 2 is 1.81 bits per heavy atom. The van der Waals surface area contributed by atoms with Crippen LogP contribution in [0.25, 0.3) is 5.69 Å². The Hall–Kier alpha value is -3.01. The molecule has 2 aliphatic heterocycles. The van der Waals surface area contributed by atoms with Gasteiger partial charge in [-0.1, -0.05) is 35.9 Å². The van der Waals surface area contributed by atoms with Crippen molar-refractivity contribution in [1.29, 1.82) is 0 Å².